The minimum Gasteiger partial charge on any atom is -0.480 e. The molecule has 27 heavy (non-hydrogen) atoms. The van der Waals surface area contributed by atoms with Gasteiger partial charge in [0.25, 0.3) is 0 Å². The average molecular weight is 373 g/mol. The molecule has 2 aromatic rings. The second-order valence-electron chi connectivity index (χ2n) is 7.39. The number of hydrogen-bond donors (Lipinski definition) is 2. The Hall–Kier alpha value is -3.10. The molecule has 0 saturated carbocycles. The first-order chi connectivity index (χ1) is 12.7. The molecule has 9 nitrogen and oxygen atoms in total. The van der Waals surface area contributed by atoms with Crippen molar-refractivity contribution >= 4 is 34.7 Å². The Kier molecular flexibility index (Phi) is 4.77. The van der Waals surface area contributed by atoms with Gasteiger partial charge >= 0.3 is 12.1 Å². The van der Waals surface area contributed by atoms with E-state index in [2.05, 4.69) is 9.97 Å². The van der Waals surface area contributed by atoms with Gasteiger partial charge in [0.1, 0.15) is 11.6 Å². The van der Waals surface area contributed by atoms with Crippen LogP contribution in [-0.4, -0.2) is 63.3 Å². The molecule has 1 aromatic carbocycles. The van der Waals surface area contributed by atoms with E-state index >= 15 is 0 Å². The number of aromatic nitrogens is 2. The molecule has 1 aromatic heterocycles. The summed E-state index contributed by atoms with van der Waals surface area (Å²) in [5.74, 6) is -0.603. The number of para-hydroxylation sites is 2. The smallest absolute Gasteiger partial charge is 0.410 e. The lowest BCUT2D eigenvalue weighted by Crippen LogP contribution is -2.58. The first kappa shape index (κ1) is 18.7. The maximum absolute atomic E-state index is 12.3. The molecule has 1 amide bonds. The number of amides is 1. The fourth-order valence-electron chi connectivity index (χ4n) is 2.96. The van der Waals surface area contributed by atoms with Crippen LogP contribution < -0.4 is 10.6 Å². The van der Waals surface area contributed by atoms with Gasteiger partial charge in [-0.25, -0.2) is 19.6 Å². The fourth-order valence-corrected chi connectivity index (χ4v) is 2.96. The lowest BCUT2D eigenvalue weighted by Gasteiger charge is -2.40. The number of nitrogens with zero attached hydrogens (tertiary/aromatic N) is 4. The van der Waals surface area contributed by atoms with Gasteiger partial charge in [0.2, 0.25) is 0 Å². The second kappa shape index (κ2) is 6.90. The number of carbonyl (C=O) groups is 2. The lowest BCUT2D eigenvalue weighted by atomic mass is 10.1. The van der Waals surface area contributed by atoms with Crippen LogP contribution in [0, 0.1) is 0 Å². The van der Waals surface area contributed by atoms with Gasteiger partial charge in [0.05, 0.1) is 17.6 Å². The van der Waals surface area contributed by atoms with Crippen molar-refractivity contribution in [2.45, 2.75) is 32.4 Å². The van der Waals surface area contributed by atoms with Crippen LogP contribution in [0.4, 0.5) is 16.4 Å². The third kappa shape index (κ3) is 4.02. The van der Waals surface area contributed by atoms with Gasteiger partial charge in [-0.3, -0.25) is 0 Å². The predicted octanol–water partition coefficient (Wildman–Crippen LogP) is 1.72. The molecule has 0 spiro atoms. The quantitative estimate of drug-likeness (QED) is 0.816. The third-order valence-electron chi connectivity index (χ3n) is 4.17. The molecular formula is C18H23N5O4. The number of carboxylic acids is 1. The molecule has 0 bridgehead atoms. The number of hydrogen-bond acceptors (Lipinski definition) is 7. The molecule has 1 aliphatic rings. The van der Waals surface area contributed by atoms with Crippen LogP contribution >= 0.6 is 0 Å². The van der Waals surface area contributed by atoms with Crippen molar-refractivity contribution in [3.63, 3.8) is 0 Å². The Morgan fingerprint density at radius 3 is 2.41 bits per heavy atom. The van der Waals surface area contributed by atoms with Crippen molar-refractivity contribution in [1.29, 1.82) is 0 Å². The fraction of sp³-hybridized carbons (Fsp3) is 0.444. The van der Waals surface area contributed by atoms with E-state index in [0.717, 1.165) is 0 Å². The maximum Gasteiger partial charge on any atom is 0.410 e. The first-order valence-electron chi connectivity index (χ1n) is 8.65. The summed E-state index contributed by atoms with van der Waals surface area (Å²) in [6, 6.07) is 6.24. The predicted molar refractivity (Wildman–Crippen MR) is 101 cm³/mol. The highest BCUT2D eigenvalue weighted by atomic mass is 16.6. The number of benzene rings is 1. The van der Waals surface area contributed by atoms with E-state index in [4.69, 9.17) is 10.5 Å². The Morgan fingerprint density at radius 2 is 1.81 bits per heavy atom. The normalized spacial score (nSPS) is 17.8. The number of nitrogen functional groups attached to an aromatic ring is 1. The van der Waals surface area contributed by atoms with Crippen LogP contribution in [0.3, 0.4) is 0 Å². The standard InChI is InChI=1S/C18H23N5O4/c1-18(2,3)27-17(26)22-8-9-23(13(10-22)16(24)25)15-14(19)20-11-6-4-5-7-12(11)21-15/h4-7,13H,8-10H2,1-3H3,(H2,19,20)(H,24,25). The summed E-state index contributed by atoms with van der Waals surface area (Å²) in [6.45, 7) is 5.82. The van der Waals surface area contributed by atoms with E-state index < -0.39 is 23.7 Å². The summed E-state index contributed by atoms with van der Waals surface area (Å²) in [5, 5.41) is 9.70. The zero-order valence-electron chi connectivity index (χ0n) is 15.5. The number of aliphatic carboxylic acids is 1. The Bertz CT molecular complexity index is 880. The zero-order valence-corrected chi connectivity index (χ0v) is 15.5. The van der Waals surface area contributed by atoms with E-state index in [-0.39, 0.29) is 18.9 Å². The summed E-state index contributed by atoms with van der Waals surface area (Å²) in [7, 11) is 0. The Balaban J connectivity index is 1.88. The number of nitrogens with two attached hydrogens (primary N) is 1. The molecule has 0 aliphatic carbocycles. The second-order valence-corrected chi connectivity index (χ2v) is 7.39. The monoisotopic (exact) mass is 373 g/mol. The van der Waals surface area contributed by atoms with Crippen molar-refractivity contribution < 1.29 is 19.4 Å². The van der Waals surface area contributed by atoms with Crippen molar-refractivity contribution in [2.75, 3.05) is 30.3 Å². The molecule has 1 aliphatic heterocycles. The third-order valence-corrected chi connectivity index (χ3v) is 4.17. The van der Waals surface area contributed by atoms with Crippen molar-refractivity contribution in [3.8, 4) is 0 Å². The minimum absolute atomic E-state index is 0.0296. The summed E-state index contributed by atoms with van der Waals surface area (Å²) in [6.07, 6.45) is -0.536. The molecule has 0 radical (unpaired) electrons. The zero-order chi connectivity index (χ0) is 19.8. The lowest BCUT2D eigenvalue weighted by molar-refractivity contribution is -0.139. The van der Waals surface area contributed by atoms with Gasteiger partial charge in [0, 0.05) is 13.1 Å². The van der Waals surface area contributed by atoms with Crippen LogP contribution in [-0.2, 0) is 9.53 Å². The number of rotatable bonds is 2. The highest BCUT2D eigenvalue weighted by Gasteiger charge is 2.37. The molecule has 144 valence electrons. The summed E-state index contributed by atoms with van der Waals surface area (Å²) < 4.78 is 5.35. The highest BCUT2D eigenvalue weighted by molar-refractivity contribution is 5.84. The number of anilines is 2. The van der Waals surface area contributed by atoms with Crippen LogP contribution in [0.1, 0.15) is 20.8 Å². The van der Waals surface area contributed by atoms with Crippen LogP contribution in [0.5, 0.6) is 0 Å². The number of fused-ring (bicyclic) bond motifs is 1. The van der Waals surface area contributed by atoms with E-state index in [1.165, 1.54) is 4.90 Å². The van der Waals surface area contributed by atoms with Crippen LogP contribution in [0.2, 0.25) is 0 Å². The molecule has 1 atom stereocenters. The van der Waals surface area contributed by atoms with Gasteiger partial charge in [-0.1, -0.05) is 12.1 Å². The molecule has 2 heterocycles. The topological polar surface area (TPSA) is 122 Å². The number of ether oxygens (including phenoxy) is 1. The average Bonchev–Trinajstić information content (AvgIpc) is 2.59. The SMILES string of the molecule is CC(C)(C)OC(=O)N1CCN(c2nc3ccccc3nc2N)C(C(=O)O)C1. The molecule has 3 N–H and O–H groups in total. The van der Waals surface area contributed by atoms with Crippen LogP contribution in [0.15, 0.2) is 24.3 Å². The van der Waals surface area contributed by atoms with Crippen LogP contribution in [0.25, 0.3) is 11.0 Å². The van der Waals surface area contributed by atoms with Crippen molar-refractivity contribution in [3.05, 3.63) is 24.3 Å². The maximum atomic E-state index is 12.3. The van der Waals surface area contributed by atoms with E-state index in [1.807, 2.05) is 12.1 Å². The number of piperazine rings is 1. The molecule has 1 fully saturated rings. The Labute approximate surface area is 156 Å². The molecule has 1 saturated heterocycles. The van der Waals surface area contributed by atoms with Gasteiger partial charge in [-0.05, 0) is 32.9 Å². The highest BCUT2D eigenvalue weighted by Crippen LogP contribution is 2.27. The van der Waals surface area contributed by atoms with E-state index in [9.17, 15) is 14.7 Å². The van der Waals surface area contributed by atoms with Crippen molar-refractivity contribution in [2.24, 2.45) is 0 Å². The molecule has 3 rings (SSSR count). The minimum atomic E-state index is -1.07. The summed E-state index contributed by atoms with van der Waals surface area (Å²) in [4.78, 5) is 36.0. The first-order valence-corrected chi connectivity index (χ1v) is 8.65. The Morgan fingerprint density at radius 1 is 1.19 bits per heavy atom. The van der Waals surface area contributed by atoms with Gasteiger partial charge in [-0.15, -0.1) is 0 Å². The summed E-state index contributed by atoms with van der Waals surface area (Å²) in [5.41, 5.74) is 6.65. The molecular weight excluding hydrogens is 350 g/mol. The largest absolute Gasteiger partial charge is 0.480 e. The van der Waals surface area contributed by atoms with E-state index in [0.29, 0.717) is 23.4 Å². The van der Waals surface area contributed by atoms with Gasteiger partial charge in [0.15, 0.2) is 11.6 Å². The van der Waals surface area contributed by atoms with E-state index in [1.54, 1.807) is 37.8 Å². The van der Waals surface area contributed by atoms with Crippen molar-refractivity contribution in [1.82, 2.24) is 14.9 Å². The molecule has 9 heteroatoms. The van der Waals surface area contributed by atoms with Gasteiger partial charge < -0.3 is 25.4 Å². The number of carbonyl (C=O) groups excluding carboxylic acids is 1. The number of carboxylic acid groups (broad SMARTS) is 1. The molecule has 1 unspecified atom stereocenters. The summed E-state index contributed by atoms with van der Waals surface area (Å²) >= 11 is 0. The van der Waals surface area contributed by atoms with Gasteiger partial charge in [-0.2, -0.15) is 0 Å².